The fraction of sp³-hybridized carbons (Fsp3) is 0.167. The van der Waals surface area contributed by atoms with Gasteiger partial charge in [0.2, 0.25) is 0 Å². The van der Waals surface area contributed by atoms with Crippen molar-refractivity contribution in [3.63, 3.8) is 0 Å². The number of hydrogen-bond donors (Lipinski definition) is 1. The Morgan fingerprint density at radius 2 is 1.91 bits per heavy atom. The van der Waals surface area contributed by atoms with E-state index in [9.17, 15) is 9.18 Å². The van der Waals surface area contributed by atoms with Crippen molar-refractivity contribution in [3.05, 3.63) is 65.5 Å². The molecule has 0 unspecified atom stereocenters. The van der Waals surface area contributed by atoms with E-state index in [2.05, 4.69) is 11.9 Å². The van der Waals surface area contributed by atoms with E-state index in [1.165, 1.54) is 19.2 Å². The highest BCUT2D eigenvalue weighted by Crippen LogP contribution is 2.27. The van der Waals surface area contributed by atoms with Gasteiger partial charge in [-0.25, -0.2) is 4.39 Å². The molecule has 1 amide bonds. The van der Waals surface area contributed by atoms with Crippen molar-refractivity contribution in [2.45, 2.75) is 6.54 Å². The molecule has 0 spiro atoms. The number of rotatable bonds is 6. The van der Waals surface area contributed by atoms with Crippen LogP contribution in [0, 0.1) is 5.82 Å². The third kappa shape index (κ3) is 3.88. The molecule has 0 radical (unpaired) electrons. The van der Waals surface area contributed by atoms with Gasteiger partial charge in [0.15, 0.2) is 11.5 Å². The van der Waals surface area contributed by atoms with Crippen molar-refractivity contribution >= 4 is 12.0 Å². The standard InChI is InChI=1S/C18H18FNO3/c1-4-12-5-7-15(19)14(9-12)18(21)20-11-13-6-8-16(22-2)17(10-13)23-3/h4-10H,1,11H2,2-3H3,(H,20,21). The number of amides is 1. The monoisotopic (exact) mass is 315 g/mol. The number of carbonyl (C=O) groups is 1. The van der Waals surface area contributed by atoms with Gasteiger partial charge in [-0.2, -0.15) is 0 Å². The first-order valence-electron chi connectivity index (χ1n) is 7.00. The van der Waals surface area contributed by atoms with E-state index in [0.717, 1.165) is 5.56 Å². The minimum atomic E-state index is -0.569. The molecule has 0 fully saturated rings. The predicted octanol–water partition coefficient (Wildman–Crippen LogP) is 3.42. The summed E-state index contributed by atoms with van der Waals surface area (Å²) in [7, 11) is 3.09. The van der Waals surface area contributed by atoms with E-state index in [4.69, 9.17) is 9.47 Å². The van der Waals surface area contributed by atoms with Gasteiger partial charge in [0, 0.05) is 6.54 Å². The summed E-state index contributed by atoms with van der Waals surface area (Å²) >= 11 is 0. The van der Waals surface area contributed by atoms with Crippen LogP contribution in [0.25, 0.3) is 6.08 Å². The van der Waals surface area contributed by atoms with Crippen LogP contribution in [0.4, 0.5) is 4.39 Å². The van der Waals surface area contributed by atoms with Gasteiger partial charge in [-0.05, 0) is 35.4 Å². The molecule has 23 heavy (non-hydrogen) atoms. The normalized spacial score (nSPS) is 10.0. The second-order valence-electron chi connectivity index (χ2n) is 4.82. The van der Waals surface area contributed by atoms with Gasteiger partial charge in [-0.3, -0.25) is 4.79 Å². The summed E-state index contributed by atoms with van der Waals surface area (Å²) < 4.78 is 24.1. The number of halogens is 1. The number of nitrogens with one attached hydrogen (secondary N) is 1. The fourth-order valence-electron chi connectivity index (χ4n) is 2.11. The predicted molar refractivity (Wildman–Crippen MR) is 87.2 cm³/mol. The lowest BCUT2D eigenvalue weighted by atomic mass is 10.1. The summed E-state index contributed by atoms with van der Waals surface area (Å²) in [6.45, 7) is 3.86. The molecule has 0 atom stereocenters. The van der Waals surface area contributed by atoms with Gasteiger partial charge in [0.1, 0.15) is 5.82 Å². The minimum Gasteiger partial charge on any atom is -0.493 e. The second-order valence-corrected chi connectivity index (χ2v) is 4.82. The third-order valence-electron chi connectivity index (χ3n) is 3.37. The molecule has 2 aromatic rings. The summed E-state index contributed by atoms with van der Waals surface area (Å²) in [5.74, 6) is 0.118. The number of methoxy groups -OCH3 is 2. The number of benzene rings is 2. The molecular formula is C18H18FNO3. The molecule has 0 aliphatic carbocycles. The van der Waals surface area contributed by atoms with E-state index in [-0.39, 0.29) is 12.1 Å². The van der Waals surface area contributed by atoms with Gasteiger partial charge < -0.3 is 14.8 Å². The molecule has 0 bridgehead atoms. The van der Waals surface area contributed by atoms with Crippen molar-refractivity contribution in [2.24, 2.45) is 0 Å². The molecule has 4 nitrogen and oxygen atoms in total. The molecule has 0 aliphatic rings. The Hall–Kier alpha value is -2.82. The zero-order chi connectivity index (χ0) is 16.8. The molecule has 0 saturated heterocycles. The van der Waals surface area contributed by atoms with Gasteiger partial charge in [0.25, 0.3) is 5.91 Å². The van der Waals surface area contributed by atoms with E-state index in [1.807, 2.05) is 0 Å². The topological polar surface area (TPSA) is 47.6 Å². The minimum absolute atomic E-state index is 0.0112. The van der Waals surface area contributed by atoms with Gasteiger partial charge in [0.05, 0.1) is 19.8 Å². The van der Waals surface area contributed by atoms with Crippen molar-refractivity contribution < 1.29 is 18.7 Å². The number of ether oxygens (including phenoxy) is 2. The smallest absolute Gasteiger partial charge is 0.254 e. The maximum atomic E-state index is 13.8. The lowest BCUT2D eigenvalue weighted by Crippen LogP contribution is -2.24. The highest BCUT2D eigenvalue weighted by atomic mass is 19.1. The molecule has 0 saturated carbocycles. The Labute approximate surface area is 134 Å². The summed E-state index contributed by atoms with van der Waals surface area (Å²) in [5.41, 5.74) is 1.49. The van der Waals surface area contributed by atoms with Crippen LogP contribution in [0.15, 0.2) is 43.0 Å². The van der Waals surface area contributed by atoms with Crippen LogP contribution in [0.3, 0.4) is 0 Å². The SMILES string of the molecule is C=Cc1ccc(F)c(C(=O)NCc2ccc(OC)c(OC)c2)c1. The number of hydrogen-bond acceptors (Lipinski definition) is 3. The maximum absolute atomic E-state index is 13.8. The van der Waals surface area contributed by atoms with Gasteiger partial charge in [-0.1, -0.05) is 24.8 Å². The van der Waals surface area contributed by atoms with Gasteiger partial charge in [-0.15, -0.1) is 0 Å². The van der Waals surface area contributed by atoms with Crippen LogP contribution >= 0.6 is 0 Å². The molecule has 0 heterocycles. The third-order valence-corrected chi connectivity index (χ3v) is 3.37. The Morgan fingerprint density at radius 1 is 1.17 bits per heavy atom. The average Bonchev–Trinajstić information content (AvgIpc) is 2.59. The Bertz CT molecular complexity index is 728. The average molecular weight is 315 g/mol. The summed E-state index contributed by atoms with van der Waals surface area (Å²) in [6, 6.07) is 9.59. The lowest BCUT2D eigenvalue weighted by Gasteiger charge is -2.11. The first-order chi connectivity index (χ1) is 11.1. The Kier molecular flexibility index (Phi) is 5.36. The lowest BCUT2D eigenvalue weighted by molar-refractivity contribution is 0.0947. The van der Waals surface area contributed by atoms with Crippen LogP contribution in [-0.4, -0.2) is 20.1 Å². The van der Waals surface area contributed by atoms with E-state index < -0.39 is 11.7 Å². The zero-order valence-electron chi connectivity index (χ0n) is 13.1. The van der Waals surface area contributed by atoms with E-state index in [1.54, 1.807) is 37.5 Å². The first kappa shape index (κ1) is 16.5. The largest absolute Gasteiger partial charge is 0.493 e. The van der Waals surface area contributed by atoms with Crippen LogP contribution in [-0.2, 0) is 6.54 Å². The highest BCUT2D eigenvalue weighted by Gasteiger charge is 2.12. The van der Waals surface area contributed by atoms with Crippen LogP contribution < -0.4 is 14.8 Å². The van der Waals surface area contributed by atoms with Crippen LogP contribution in [0.1, 0.15) is 21.5 Å². The molecule has 0 aliphatic heterocycles. The summed E-state index contributed by atoms with van der Waals surface area (Å²) in [5, 5.41) is 2.69. The zero-order valence-corrected chi connectivity index (χ0v) is 13.1. The maximum Gasteiger partial charge on any atom is 0.254 e. The molecule has 5 heteroatoms. The van der Waals surface area contributed by atoms with Gasteiger partial charge >= 0.3 is 0 Å². The molecule has 0 aromatic heterocycles. The van der Waals surface area contributed by atoms with E-state index >= 15 is 0 Å². The molecule has 2 aromatic carbocycles. The first-order valence-corrected chi connectivity index (χ1v) is 7.00. The quantitative estimate of drug-likeness (QED) is 0.888. The molecule has 1 N–H and O–H groups in total. The van der Waals surface area contributed by atoms with Crippen LogP contribution in [0.5, 0.6) is 11.5 Å². The second kappa shape index (κ2) is 7.45. The summed E-state index contributed by atoms with van der Waals surface area (Å²) in [4.78, 5) is 12.1. The molecular weight excluding hydrogens is 297 g/mol. The van der Waals surface area contributed by atoms with Crippen molar-refractivity contribution in [2.75, 3.05) is 14.2 Å². The molecule has 2 rings (SSSR count). The fourth-order valence-corrected chi connectivity index (χ4v) is 2.11. The number of carbonyl (C=O) groups excluding carboxylic acids is 1. The Balaban J connectivity index is 2.11. The van der Waals surface area contributed by atoms with E-state index in [0.29, 0.717) is 17.1 Å². The van der Waals surface area contributed by atoms with Crippen molar-refractivity contribution in [1.82, 2.24) is 5.32 Å². The molecule has 120 valence electrons. The Morgan fingerprint density at radius 3 is 2.57 bits per heavy atom. The van der Waals surface area contributed by atoms with Crippen molar-refractivity contribution in [3.8, 4) is 11.5 Å². The highest BCUT2D eigenvalue weighted by molar-refractivity contribution is 5.95. The summed E-state index contributed by atoms with van der Waals surface area (Å²) in [6.07, 6.45) is 1.56. The van der Waals surface area contributed by atoms with Crippen LogP contribution in [0.2, 0.25) is 0 Å². The van der Waals surface area contributed by atoms with Crippen molar-refractivity contribution in [1.29, 1.82) is 0 Å².